The molecule has 0 radical (unpaired) electrons. The van der Waals surface area contributed by atoms with E-state index < -0.39 is 35.4 Å². The third-order valence-corrected chi connectivity index (χ3v) is 4.28. The fraction of sp³-hybridized carbons (Fsp3) is 0.824. The maximum Gasteiger partial charge on any atom is 0.272 e. The minimum absolute atomic E-state index is 0.228. The number of nitrogens with zero attached hydrogens (tertiary/aromatic N) is 1. The molecule has 1 saturated heterocycles. The van der Waals surface area contributed by atoms with Crippen LogP contribution >= 0.6 is 0 Å². The molecule has 0 aromatic heterocycles. The van der Waals surface area contributed by atoms with Crippen LogP contribution in [0.4, 0.5) is 0 Å². The first-order valence-corrected chi connectivity index (χ1v) is 8.87. The third kappa shape index (κ3) is 5.97. The van der Waals surface area contributed by atoms with Crippen LogP contribution in [0.2, 0.25) is 0 Å². The van der Waals surface area contributed by atoms with E-state index in [0.717, 1.165) is 6.42 Å². The van der Waals surface area contributed by atoms with Gasteiger partial charge in [-0.15, -0.1) is 0 Å². The van der Waals surface area contributed by atoms with Gasteiger partial charge in [0, 0.05) is 12.1 Å². The van der Waals surface area contributed by atoms with Gasteiger partial charge in [0.05, 0.1) is 5.92 Å². The van der Waals surface area contributed by atoms with Gasteiger partial charge >= 0.3 is 0 Å². The summed E-state index contributed by atoms with van der Waals surface area (Å²) in [6.07, 6.45) is 1.36. The predicted octanol–water partition coefficient (Wildman–Crippen LogP) is 0.565. The van der Waals surface area contributed by atoms with Crippen LogP contribution in [0.25, 0.3) is 0 Å². The molecule has 0 bridgehead atoms. The first kappa shape index (κ1) is 21.4. The summed E-state index contributed by atoms with van der Waals surface area (Å²) in [6.45, 7) is 7.95. The molecule has 0 aromatic carbocycles. The van der Waals surface area contributed by atoms with Crippen molar-refractivity contribution in [2.24, 2.45) is 5.92 Å². The van der Waals surface area contributed by atoms with Gasteiger partial charge < -0.3 is 15.3 Å². The molecule has 1 rings (SSSR count). The highest BCUT2D eigenvalue weighted by molar-refractivity contribution is 5.92. The molecular weight excluding hydrogens is 326 g/mol. The molecule has 0 saturated carbocycles. The zero-order valence-corrected chi connectivity index (χ0v) is 15.5. The minimum Gasteiger partial charge on any atom is -0.382 e. The van der Waals surface area contributed by atoms with Crippen LogP contribution in [0.5, 0.6) is 0 Å². The molecule has 3 amide bonds. The average molecular weight is 357 g/mol. The van der Waals surface area contributed by atoms with Crippen molar-refractivity contribution in [3.05, 3.63) is 0 Å². The largest absolute Gasteiger partial charge is 0.382 e. The van der Waals surface area contributed by atoms with Gasteiger partial charge in [0.15, 0.2) is 0 Å². The van der Waals surface area contributed by atoms with E-state index in [2.05, 4.69) is 5.32 Å². The molecule has 1 heterocycles. The topological polar surface area (TPSA) is 119 Å². The van der Waals surface area contributed by atoms with Crippen LogP contribution in [-0.4, -0.2) is 57.2 Å². The Morgan fingerprint density at radius 2 is 1.92 bits per heavy atom. The number of likely N-dealkylation sites (tertiary alicyclic amines) is 1. The fourth-order valence-electron chi connectivity index (χ4n) is 3.06. The molecule has 8 nitrogen and oxygen atoms in total. The van der Waals surface area contributed by atoms with Gasteiger partial charge in [-0.05, 0) is 40.0 Å². The van der Waals surface area contributed by atoms with Gasteiger partial charge in [-0.1, -0.05) is 19.8 Å². The first-order valence-electron chi connectivity index (χ1n) is 8.87. The van der Waals surface area contributed by atoms with Crippen LogP contribution in [0.15, 0.2) is 0 Å². The molecule has 0 aliphatic carbocycles. The number of unbranched alkanes of at least 4 members (excludes halogenated alkanes) is 1. The summed E-state index contributed by atoms with van der Waals surface area (Å²) in [6, 6.07) is -0.597. The lowest BCUT2D eigenvalue weighted by molar-refractivity contribution is -0.152. The lowest BCUT2D eigenvalue weighted by Crippen LogP contribution is -2.54. The molecule has 3 unspecified atom stereocenters. The molecule has 4 N–H and O–H groups in total. The van der Waals surface area contributed by atoms with Crippen molar-refractivity contribution in [1.29, 1.82) is 0 Å². The highest BCUT2D eigenvalue weighted by atomic mass is 16.5. The van der Waals surface area contributed by atoms with Crippen molar-refractivity contribution in [3.8, 4) is 0 Å². The minimum atomic E-state index is -1.64. The second kappa shape index (κ2) is 9.15. The molecule has 25 heavy (non-hydrogen) atoms. The van der Waals surface area contributed by atoms with Gasteiger partial charge in [0.1, 0.15) is 12.1 Å². The summed E-state index contributed by atoms with van der Waals surface area (Å²) in [5.41, 5.74) is 0.983. The molecule has 0 spiro atoms. The van der Waals surface area contributed by atoms with E-state index in [1.54, 1.807) is 0 Å². The number of hydrogen-bond donors (Lipinski definition) is 4. The zero-order chi connectivity index (χ0) is 19.2. The highest BCUT2D eigenvalue weighted by Gasteiger charge is 2.41. The SMILES string of the molecule is CCCCC(C(=O)N1CCCC1C(=O)NC(C)(C)C)C(O)C(=O)NO. The number of carbonyl (C=O) groups is 3. The molecule has 1 aliphatic rings. The molecule has 3 atom stereocenters. The van der Waals surface area contributed by atoms with Crippen LogP contribution in [-0.2, 0) is 14.4 Å². The number of hydroxylamine groups is 1. The Bertz CT molecular complexity index is 489. The molecular formula is C17H31N3O5. The van der Waals surface area contributed by atoms with Crippen LogP contribution in [0, 0.1) is 5.92 Å². The van der Waals surface area contributed by atoms with Crippen molar-refractivity contribution in [1.82, 2.24) is 15.7 Å². The van der Waals surface area contributed by atoms with Crippen LogP contribution < -0.4 is 10.8 Å². The van der Waals surface area contributed by atoms with Crippen LogP contribution in [0.1, 0.15) is 59.8 Å². The molecule has 0 aromatic rings. The normalized spacial score (nSPS) is 20.1. The van der Waals surface area contributed by atoms with Crippen molar-refractivity contribution < 1.29 is 24.7 Å². The van der Waals surface area contributed by atoms with Crippen molar-refractivity contribution >= 4 is 17.7 Å². The second-order valence-corrected chi connectivity index (χ2v) is 7.60. The number of rotatable bonds is 7. The third-order valence-electron chi connectivity index (χ3n) is 4.28. The van der Waals surface area contributed by atoms with E-state index in [-0.39, 0.29) is 5.91 Å². The maximum atomic E-state index is 12.9. The Labute approximate surface area is 148 Å². The lowest BCUT2D eigenvalue weighted by Gasteiger charge is -2.31. The predicted molar refractivity (Wildman–Crippen MR) is 91.6 cm³/mol. The van der Waals surface area contributed by atoms with E-state index in [0.29, 0.717) is 32.2 Å². The molecule has 1 aliphatic heterocycles. The smallest absolute Gasteiger partial charge is 0.272 e. The Kier molecular flexibility index (Phi) is 7.82. The van der Waals surface area contributed by atoms with Gasteiger partial charge in [0.25, 0.3) is 5.91 Å². The zero-order valence-electron chi connectivity index (χ0n) is 15.5. The van der Waals surface area contributed by atoms with E-state index in [9.17, 15) is 19.5 Å². The Morgan fingerprint density at radius 3 is 2.44 bits per heavy atom. The maximum absolute atomic E-state index is 12.9. The van der Waals surface area contributed by atoms with Crippen LogP contribution in [0.3, 0.4) is 0 Å². The number of aliphatic hydroxyl groups excluding tert-OH is 1. The molecule has 144 valence electrons. The molecule has 1 fully saturated rings. The summed E-state index contributed by atoms with van der Waals surface area (Å²) >= 11 is 0. The first-order chi connectivity index (χ1) is 11.6. The number of carbonyl (C=O) groups excluding carboxylic acids is 3. The quantitative estimate of drug-likeness (QED) is 0.392. The van der Waals surface area contributed by atoms with E-state index in [1.807, 2.05) is 27.7 Å². The fourth-order valence-corrected chi connectivity index (χ4v) is 3.06. The van der Waals surface area contributed by atoms with E-state index in [1.165, 1.54) is 10.4 Å². The Morgan fingerprint density at radius 1 is 1.28 bits per heavy atom. The van der Waals surface area contributed by atoms with Crippen molar-refractivity contribution in [2.45, 2.75) is 77.5 Å². The van der Waals surface area contributed by atoms with E-state index >= 15 is 0 Å². The monoisotopic (exact) mass is 357 g/mol. The van der Waals surface area contributed by atoms with Crippen molar-refractivity contribution in [3.63, 3.8) is 0 Å². The van der Waals surface area contributed by atoms with Gasteiger partial charge in [-0.25, -0.2) is 5.48 Å². The standard InChI is InChI=1S/C17H31N3O5/c1-5-6-8-11(13(21)15(23)19-25)16(24)20-10-7-9-12(20)14(22)18-17(2,3)4/h11-13,21,25H,5-10H2,1-4H3,(H,18,22)(H,19,23). The van der Waals surface area contributed by atoms with Crippen molar-refractivity contribution in [2.75, 3.05) is 6.54 Å². The summed E-state index contributed by atoms with van der Waals surface area (Å²) in [5.74, 6) is -2.63. The number of nitrogens with one attached hydrogen (secondary N) is 2. The average Bonchev–Trinajstić information content (AvgIpc) is 3.02. The van der Waals surface area contributed by atoms with Gasteiger partial charge in [0.2, 0.25) is 11.8 Å². The Hall–Kier alpha value is -1.67. The second-order valence-electron chi connectivity index (χ2n) is 7.60. The van der Waals surface area contributed by atoms with Gasteiger partial charge in [-0.2, -0.15) is 0 Å². The van der Waals surface area contributed by atoms with Gasteiger partial charge in [-0.3, -0.25) is 19.6 Å². The number of hydrogen-bond acceptors (Lipinski definition) is 5. The Balaban J connectivity index is 2.93. The molecule has 8 heteroatoms. The summed E-state index contributed by atoms with van der Waals surface area (Å²) < 4.78 is 0. The van der Waals surface area contributed by atoms with E-state index in [4.69, 9.17) is 5.21 Å². The number of aliphatic hydroxyl groups is 1. The number of amides is 3. The lowest BCUT2D eigenvalue weighted by atomic mass is 9.93. The highest BCUT2D eigenvalue weighted by Crippen LogP contribution is 2.25. The summed E-state index contributed by atoms with van der Waals surface area (Å²) in [5, 5.41) is 21.7. The summed E-state index contributed by atoms with van der Waals surface area (Å²) in [4.78, 5) is 38.4. The summed E-state index contributed by atoms with van der Waals surface area (Å²) in [7, 11) is 0.